The van der Waals surface area contributed by atoms with E-state index < -0.39 is 30.0 Å². The fourth-order valence-corrected chi connectivity index (χ4v) is 2.68. The van der Waals surface area contributed by atoms with Crippen molar-refractivity contribution in [3.8, 4) is 0 Å². The Labute approximate surface area is 97.6 Å². The highest BCUT2D eigenvalue weighted by Crippen LogP contribution is 2.22. The van der Waals surface area contributed by atoms with E-state index in [2.05, 4.69) is 0 Å². The molecule has 9 heteroatoms. The molecule has 2 N–H and O–H groups in total. The van der Waals surface area contributed by atoms with Crippen molar-refractivity contribution < 1.29 is 30.7 Å². The molecular weight excluding hydrogens is 272 g/mol. The fourth-order valence-electron chi connectivity index (χ4n) is 1.25. The van der Waals surface area contributed by atoms with Crippen LogP contribution >= 0.6 is 0 Å². The number of carbonyl (C=O) groups is 1. The second-order valence-electron chi connectivity index (χ2n) is 3.22. The SMILES string of the molecule is Cc1cc(S(=O)(=O)O)cc(S(=O)(=O)O)c1C=O. The van der Waals surface area contributed by atoms with Crippen LogP contribution in [0.3, 0.4) is 0 Å². The van der Waals surface area contributed by atoms with Gasteiger partial charge in [0.25, 0.3) is 20.2 Å². The predicted octanol–water partition coefficient (Wildman–Crippen LogP) is 0.301. The van der Waals surface area contributed by atoms with Crippen LogP contribution in [-0.2, 0) is 20.2 Å². The first-order valence-electron chi connectivity index (χ1n) is 4.12. The summed E-state index contributed by atoms with van der Waals surface area (Å²) < 4.78 is 61.3. The van der Waals surface area contributed by atoms with Crippen LogP contribution in [-0.4, -0.2) is 32.2 Å². The minimum atomic E-state index is -4.76. The summed E-state index contributed by atoms with van der Waals surface area (Å²) in [7, 11) is -9.38. The Kier molecular flexibility index (Phi) is 3.39. The topological polar surface area (TPSA) is 126 Å². The van der Waals surface area contributed by atoms with Crippen LogP contribution < -0.4 is 0 Å². The van der Waals surface area contributed by atoms with Gasteiger partial charge in [-0.3, -0.25) is 13.9 Å². The van der Waals surface area contributed by atoms with Crippen molar-refractivity contribution in [2.45, 2.75) is 16.7 Å². The smallest absolute Gasteiger partial charge is 0.295 e. The van der Waals surface area contributed by atoms with Crippen molar-refractivity contribution in [2.24, 2.45) is 0 Å². The Morgan fingerprint density at radius 2 is 1.59 bits per heavy atom. The van der Waals surface area contributed by atoms with E-state index in [-0.39, 0.29) is 17.4 Å². The van der Waals surface area contributed by atoms with Crippen molar-refractivity contribution >= 4 is 26.5 Å². The molecule has 0 bridgehead atoms. The maximum atomic E-state index is 11.0. The standard InChI is InChI=1S/C8H8O7S2/c1-5-2-6(16(10,11)12)3-8(7(5)4-9)17(13,14)15/h2-4H,1H3,(H,10,11,12)(H,13,14,15). The Hall–Kier alpha value is -1.29. The summed E-state index contributed by atoms with van der Waals surface area (Å²) in [5.41, 5.74) is -0.359. The van der Waals surface area contributed by atoms with Gasteiger partial charge in [0.15, 0.2) is 6.29 Å². The molecule has 94 valence electrons. The zero-order valence-corrected chi connectivity index (χ0v) is 10.1. The lowest BCUT2D eigenvalue weighted by atomic mass is 10.1. The van der Waals surface area contributed by atoms with Gasteiger partial charge in [0, 0.05) is 5.56 Å². The van der Waals surface area contributed by atoms with Gasteiger partial charge in [-0.25, -0.2) is 0 Å². The van der Waals surface area contributed by atoms with Gasteiger partial charge in [-0.1, -0.05) is 0 Å². The van der Waals surface area contributed by atoms with E-state index in [1.807, 2.05) is 0 Å². The Morgan fingerprint density at radius 3 is 1.94 bits per heavy atom. The lowest BCUT2D eigenvalue weighted by molar-refractivity contribution is 0.111. The molecule has 1 aromatic carbocycles. The summed E-state index contributed by atoms with van der Waals surface area (Å²) in [6, 6.07) is 1.44. The largest absolute Gasteiger partial charge is 0.298 e. The first-order valence-corrected chi connectivity index (χ1v) is 7.00. The maximum Gasteiger partial charge on any atom is 0.295 e. The van der Waals surface area contributed by atoms with Crippen LogP contribution in [0, 0.1) is 6.92 Å². The number of hydrogen-bond donors (Lipinski definition) is 2. The molecule has 0 radical (unpaired) electrons. The first kappa shape index (κ1) is 13.8. The molecule has 1 aromatic rings. The van der Waals surface area contributed by atoms with Crippen LogP contribution in [0.1, 0.15) is 15.9 Å². The monoisotopic (exact) mass is 280 g/mol. The summed E-state index contributed by atoms with van der Waals surface area (Å²) >= 11 is 0. The molecule has 0 unspecified atom stereocenters. The van der Waals surface area contributed by atoms with E-state index in [1.54, 1.807) is 0 Å². The van der Waals surface area contributed by atoms with Crippen molar-refractivity contribution in [3.63, 3.8) is 0 Å². The van der Waals surface area contributed by atoms with E-state index in [9.17, 15) is 21.6 Å². The molecular formula is C8H8O7S2. The third kappa shape index (κ3) is 2.88. The molecule has 0 fully saturated rings. The van der Waals surface area contributed by atoms with E-state index in [1.165, 1.54) is 6.92 Å². The molecule has 1 rings (SSSR count). The number of aryl methyl sites for hydroxylation is 1. The number of benzene rings is 1. The zero-order chi connectivity index (χ0) is 13.4. The first-order chi connectivity index (χ1) is 7.57. The summed E-state index contributed by atoms with van der Waals surface area (Å²) in [5.74, 6) is 0. The summed E-state index contributed by atoms with van der Waals surface area (Å²) in [6.07, 6.45) is 0.173. The molecule has 0 aliphatic carbocycles. The number of aldehydes is 1. The molecule has 0 aliphatic heterocycles. The highest BCUT2D eigenvalue weighted by atomic mass is 32.2. The number of rotatable bonds is 3. The highest BCUT2D eigenvalue weighted by Gasteiger charge is 2.22. The van der Waals surface area contributed by atoms with Gasteiger partial charge in [-0.05, 0) is 24.6 Å². The Morgan fingerprint density at radius 1 is 1.06 bits per heavy atom. The third-order valence-electron chi connectivity index (χ3n) is 2.02. The van der Waals surface area contributed by atoms with Crippen LogP contribution in [0.25, 0.3) is 0 Å². The minimum absolute atomic E-state index is 0.00255. The maximum absolute atomic E-state index is 11.0. The Bertz CT molecular complexity index is 670. The van der Waals surface area contributed by atoms with Crippen molar-refractivity contribution in [1.29, 1.82) is 0 Å². The van der Waals surface area contributed by atoms with Crippen molar-refractivity contribution in [2.75, 3.05) is 0 Å². The van der Waals surface area contributed by atoms with Gasteiger partial charge >= 0.3 is 0 Å². The van der Waals surface area contributed by atoms with Crippen LogP contribution in [0.5, 0.6) is 0 Å². The average molecular weight is 280 g/mol. The molecule has 0 saturated carbocycles. The van der Waals surface area contributed by atoms with Gasteiger partial charge in [-0.2, -0.15) is 16.8 Å². The second-order valence-corrected chi connectivity index (χ2v) is 6.03. The van der Waals surface area contributed by atoms with Crippen LogP contribution in [0.2, 0.25) is 0 Å². The highest BCUT2D eigenvalue weighted by molar-refractivity contribution is 7.86. The summed E-state index contributed by atoms with van der Waals surface area (Å²) in [6.45, 7) is 1.27. The lowest BCUT2D eigenvalue weighted by Crippen LogP contribution is -2.08. The third-order valence-corrected chi connectivity index (χ3v) is 3.74. The average Bonchev–Trinajstić information content (AvgIpc) is 2.13. The molecule has 0 saturated heterocycles. The lowest BCUT2D eigenvalue weighted by Gasteiger charge is -2.07. The molecule has 0 amide bonds. The molecule has 0 aliphatic rings. The molecule has 0 spiro atoms. The zero-order valence-electron chi connectivity index (χ0n) is 8.48. The van der Waals surface area contributed by atoms with E-state index >= 15 is 0 Å². The van der Waals surface area contributed by atoms with E-state index in [0.29, 0.717) is 6.07 Å². The Balaban J connectivity index is 3.81. The van der Waals surface area contributed by atoms with Gasteiger partial charge < -0.3 is 0 Å². The van der Waals surface area contributed by atoms with Gasteiger partial charge in [-0.15, -0.1) is 0 Å². The van der Waals surface area contributed by atoms with Crippen LogP contribution in [0.15, 0.2) is 21.9 Å². The fraction of sp³-hybridized carbons (Fsp3) is 0.125. The molecule has 0 aromatic heterocycles. The number of hydrogen-bond acceptors (Lipinski definition) is 5. The van der Waals surface area contributed by atoms with Crippen molar-refractivity contribution in [1.82, 2.24) is 0 Å². The van der Waals surface area contributed by atoms with Gasteiger partial charge in [0.2, 0.25) is 0 Å². The van der Waals surface area contributed by atoms with Crippen LogP contribution in [0.4, 0.5) is 0 Å². The summed E-state index contributed by atoms with van der Waals surface area (Å²) in [5, 5.41) is 0. The minimum Gasteiger partial charge on any atom is -0.298 e. The van der Waals surface area contributed by atoms with Gasteiger partial charge in [0.05, 0.1) is 4.90 Å². The predicted molar refractivity (Wildman–Crippen MR) is 56.2 cm³/mol. The molecule has 0 heterocycles. The molecule has 17 heavy (non-hydrogen) atoms. The second kappa shape index (κ2) is 4.18. The van der Waals surface area contributed by atoms with E-state index in [4.69, 9.17) is 9.11 Å². The summed E-state index contributed by atoms with van der Waals surface area (Å²) in [4.78, 5) is 9.09. The normalized spacial score (nSPS) is 12.4. The van der Waals surface area contributed by atoms with Gasteiger partial charge in [0.1, 0.15) is 4.90 Å². The molecule has 7 nitrogen and oxygen atoms in total. The number of carbonyl (C=O) groups excluding carboxylic acids is 1. The quantitative estimate of drug-likeness (QED) is 0.602. The molecule has 0 atom stereocenters. The van der Waals surface area contributed by atoms with E-state index in [0.717, 1.165) is 6.07 Å². The van der Waals surface area contributed by atoms with Crippen molar-refractivity contribution in [3.05, 3.63) is 23.3 Å².